The second-order valence-electron chi connectivity index (χ2n) is 7.19. The number of benzene rings is 3. The molecule has 33 heavy (non-hydrogen) atoms. The van der Waals surface area contributed by atoms with Crippen LogP contribution in [0.4, 0.5) is 5.69 Å². The number of para-hydroxylation sites is 4. The number of carbonyl (C=O) groups is 1. The maximum Gasteiger partial charge on any atom is 0.270 e. The van der Waals surface area contributed by atoms with Crippen LogP contribution in [0.25, 0.3) is 6.08 Å². The Balaban J connectivity index is 1.46. The molecule has 0 N–H and O–H groups in total. The number of nitrogens with zero attached hydrogens (tertiary/aromatic N) is 1. The third kappa shape index (κ3) is 5.21. The molecular weight excluding hydrogens is 454 g/mol. The van der Waals surface area contributed by atoms with Crippen molar-refractivity contribution in [3.05, 3.63) is 88.8 Å². The van der Waals surface area contributed by atoms with E-state index in [1.54, 1.807) is 12.0 Å². The summed E-state index contributed by atoms with van der Waals surface area (Å²) in [4.78, 5) is 15.3. The summed E-state index contributed by atoms with van der Waals surface area (Å²) in [5.74, 6) is 1.88. The fraction of sp³-hybridized carbons (Fsp3) is 0.154. The number of anilines is 1. The Labute approximate surface area is 203 Å². The number of amides is 1. The van der Waals surface area contributed by atoms with Gasteiger partial charge in [-0.25, -0.2) is 0 Å². The van der Waals surface area contributed by atoms with Gasteiger partial charge in [0.1, 0.15) is 19.0 Å². The molecule has 168 valence electrons. The molecule has 1 saturated heterocycles. The number of hydrogen-bond acceptors (Lipinski definition) is 6. The zero-order valence-corrected chi connectivity index (χ0v) is 19.9. The van der Waals surface area contributed by atoms with Crippen molar-refractivity contribution in [1.82, 2.24) is 0 Å². The van der Waals surface area contributed by atoms with E-state index in [2.05, 4.69) is 0 Å². The lowest BCUT2D eigenvalue weighted by Gasteiger charge is -2.16. The van der Waals surface area contributed by atoms with E-state index in [9.17, 15) is 4.79 Å². The number of thioether (sulfide) groups is 1. The number of methoxy groups -OCH3 is 1. The smallest absolute Gasteiger partial charge is 0.270 e. The lowest BCUT2D eigenvalue weighted by molar-refractivity contribution is -0.113. The van der Waals surface area contributed by atoms with Crippen LogP contribution < -0.4 is 19.1 Å². The summed E-state index contributed by atoms with van der Waals surface area (Å²) in [6.07, 6.45) is 1.83. The van der Waals surface area contributed by atoms with Crippen LogP contribution in [-0.4, -0.2) is 30.6 Å². The van der Waals surface area contributed by atoms with E-state index in [4.69, 9.17) is 26.4 Å². The van der Waals surface area contributed by atoms with Gasteiger partial charge in [-0.3, -0.25) is 9.69 Å². The molecule has 0 unspecified atom stereocenters. The Morgan fingerprint density at radius 2 is 1.48 bits per heavy atom. The van der Waals surface area contributed by atoms with Gasteiger partial charge in [-0.1, -0.05) is 72.5 Å². The second-order valence-corrected chi connectivity index (χ2v) is 8.86. The first-order valence-electron chi connectivity index (χ1n) is 10.4. The minimum absolute atomic E-state index is 0.131. The van der Waals surface area contributed by atoms with Crippen LogP contribution in [0, 0.1) is 6.92 Å². The predicted octanol–water partition coefficient (Wildman–Crippen LogP) is 5.87. The molecule has 0 aliphatic carbocycles. The highest BCUT2D eigenvalue weighted by Gasteiger charge is 2.34. The first-order valence-corrected chi connectivity index (χ1v) is 11.6. The molecule has 0 radical (unpaired) electrons. The van der Waals surface area contributed by atoms with Crippen molar-refractivity contribution in [2.45, 2.75) is 6.92 Å². The van der Waals surface area contributed by atoms with Crippen molar-refractivity contribution in [2.75, 3.05) is 25.2 Å². The van der Waals surface area contributed by atoms with Gasteiger partial charge in [-0.15, -0.1) is 0 Å². The van der Waals surface area contributed by atoms with Crippen LogP contribution in [0.1, 0.15) is 11.1 Å². The van der Waals surface area contributed by atoms with E-state index in [0.29, 0.717) is 39.7 Å². The Hall–Kier alpha value is -3.29. The van der Waals surface area contributed by atoms with Gasteiger partial charge in [-0.05, 0) is 42.8 Å². The van der Waals surface area contributed by atoms with Crippen LogP contribution in [0.2, 0.25) is 0 Å². The number of thiocarbonyl (C=S) groups is 1. The first kappa shape index (κ1) is 22.9. The van der Waals surface area contributed by atoms with Crippen LogP contribution in [-0.2, 0) is 4.79 Å². The minimum atomic E-state index is -0.131. The normalized spacial score (nSPS) is 14.6. The van der Waals surface area contributed by atoms with E-state index in [-0.39, 0.29) is 5.91 Å². The number of hydrogen-bond donors (Lipinski definition) is 0. The van der Waals surface area contributed by atoms with E-state index in [1.165, 1.54) is 11.8 Å². The topological polar surface area (TPSA) is 48.0 Å². The van der Waals surface area contributed by atoms with Gasteiger partial charge in [0.05, 0.1) is 17.7 Å². The van der Waals surface area contributed by atoms with Gasteiger partial charge in [0.25, 0.3) is 5.91 Å². The molecule has 0 atom stereocenters. The van der Waals surface area contributed by atoms with Crippen molar-refractivity contribution in [2.24, 2.45) is 0 Å². The van der Waals surface area contributed by atoms with Gasteiger partial charge in [0.15, 0.2) is 15.8 Å². The van der Waals surface area contributed by atoms with Crippen molar-refractivity contribution >= 4 is 46.0 Å². The lowest BCUT2D eigenvalue weighted by Crippen LogP contribution is -2.28. The summed E-state index contributed by atoms with van der Waals surface area (Å²) < 4.78 is 17.6. The van der Waals surface area contributed by atoms with Crippen LogP contribution >= 0.6 is 24.0 Å². The summed E-state index contributed by atoms with van der Waals surface area (Å²) in [5, 5.41) is 0. The molecule has 1 heterocycles. The molecular formula is C26H23NO4S2. The number of aryl methyl sites for hydroxylation is 1. The molecule has 0 spiro atoms. The van der Waals surface area contributed by atoms with E-state index < -0.39 is 0 Å². The van der Waals surface area contributed by atoms with Gasteiger partial charge in [0.2, 0.25) is 0 Å². The number of carbonyl (C=O) groups excluding carboxylic acids is 1. The highest BCUT2D eigenvalue weighted by molar-refractivity contribution is 8.27. The molecule has 1 amide bonds. The van der Waals surface area contributed by atoms with Crippen molar-refractivity contribution in [3.63, 3.8) is 0 Å². The van der Waals surface area contributed by atoms with Gasteiger partial charge in [0, 0.05) is 5.56 Å². The summed E-state index contributed by atoms with van der Waals surface area (Å²) in [7, 11) is 1.61. The van der Waals surface area contributed by atoms with Crippen molar-refractivity contribution in [3.8, 4) is 17.2 Å². The maximum absolute atomic E-state index is 13.1. The monoisotopic (exact) mass is 477 g/mol. The predicted molar refractivity (Wildman–Crippen MR) is 137 cm³/mol. The Kier molecular flexibility index (Phi) is 7.32. The molecule has 4 rings (SSSR count). The highest BCUT2D eigenvalue weighted by Crippen LogP contribution is 2.38. The van der Waals surface area contributed by atoms with Gasteiger partial charge in [-0.2, -0.15) is 0 Å². The second kappa shape index (κ2) is 10.6. The minimum Gasteiger partial charge on any atom is -0.493 e. The fourth-order valence-electron chi connectivity index (χ4n) is 3.40. The Bertz CT molecular complexity index is 1210. The molecule has 1 aliphatic rings. The van der Waals surface area contributed by atoms with Crippen LogP contribution in [0.5, 0.6) is 17.2 Å². The summed E-state index contributed by atoms with van der Waals surface area (Å²) in [6.45, 7) is 2.66. The van der Waals surface area contributed by atoms with E-state index in [1.807, 2.05) is 85.8 Å². The molecule has 0 aromatic heterocycles. The first-order chi connectivity index (χ1) is 16.1. The van der Waals surface area contributed by atoms with E-state index >= 15 is 0 Å². The number of rotatable bonds is 8. The molecule has 3 aromatic rings. The van der Waals surface area contributed by atoms with Crippen molar-refractivity contribution in [1.29, 1.82) is 0 Å². The molecule has 7 heteroatoms. The molecule has 0 saturated carbocycles. The largest absolute Gasteiger partial charge is 0.493 e. The molecule has 5 nitrogen and oxygen atoms in total. The summed E-state index contributed by atoms with van der Waals surface area (Å²) in [6, 6.07) is 22.8. The third-order valence-electron chi connectivity index (χ3n) is 5.02. The maximum atomic E-state index is 13.1. The zero-order valence-electron chi connectivity index (χ0n) is 18.3. The average Bonchev–Trinajstić information content (AvgIpc) is 3.11. The van der Waals surface area contributed by atoms with Gasteiger partial charge >= 0.3 is 0 Å². The average molecular weight is 478 g/mol. The van der Waals surface area contributed by atoms with Crippen LogP contribution in [0.15, 0.2) is 77.7 Å². The highest BCUT2D eigenvalue weighted by atomic mass is 32.2. The lowest BCUT2D eigenvalue weighted by atomic mass is 10.1. The molecule has 3 aromatic carbocycles. The Morgan fingerprint density at radius 3 is 2.21 bits per heavy atom. The van der Waals surface area contributed by atoms with Crippen molar-refractivity contribution < 1.29 is 19.0 Å². The van der Waals surface area contributed by atoms with Crippen LogP contribution in [0.3, 0.4) is 0 Å². The number of ether oxygens (including phenoxy) is 3. The fourth-order valence-corrected chi connectivity index (χ4v) is 4.68. The molecule has 0 bridgehead atoms. The van der Waals surface area contributed by atoms with Gasteiger partial charge < -0.3 is 14.2 Å². The zero-order chi connectivity index (χ0) is 23.2. The summed E-state index contributed by atoms with van der Waals surface area (Å²) in [5.41, 5.74) is 2.61. The standard InChI is InChI=1S/C26H23NO4S2/c1-18-9-3-5-11-20(18)27-25(28)24(33-26(27)32)17-19-10-4-6-12-21(19)30-15-16-31-23-14-8-7-13-22(23)29-2/h3-14,17H,15-16H2,1-2H3/b24-17-. The third-order valence-corrected chi connectivity index (χ3v) is 6.33. The van der Waals surface area contributed by atoms with E-state index in [0.717, 1.165) is 16.8 Å². The molecule has 1 aliphatic heterocycles. The quantitative estimate of drug-likeness (QED) is 0.230. The Morgan fingerprint density at radius 1 is 0.879 bits per heavy atom. The molecule has 1 fully saturated rings. The summed E-state index contributed by atoms with van der Waals surface area (Å²) >= 11 is 6.80. The SMILES string of the molecule is COc1ccccc1OCCOc1ccccc1/C=C1\SC(=S)N(c2ccccc2C)C1=O.